The van der Waals surface area contributed by atoms with Crippen LogP contribution in [-0.2, 0) is 20.7 Å². The highest BCUT2D eigenvalue weighted by Crippen LogP contribution is 2.22. The van der Waals surface area contributed by atoms with E-state index in [9.17, 15) is 14.4 Å². The summed E-state index contributed by atoms with van der Waals surface area (Å²) in [5.41, 5.74) is 0.818. The fraction of sp³-hybridized carbons (Fsp3) is 0.478. The third-order valence-electron chi connectivity index (χ3n) is 4.84. The minimum atomic E-state index is -0.421. The molecule has 1 heterocycles. The molecule has 186 valence electrons. The molecule has 34 heavy (non-hydrogen) atoms. The number of rotatable bonds is 14. The summed E-state index contributed by atoms with van der Waals surface area (Å²) in [7, 11) is 1.51. The van der Waals surface area contributed by atoms with Crippen LogP contribution in [0, 0.1) is 0 Å². The molecule has 0 saturated carbocycles. The Labute approximate surface area is 214 Å². The Bertz CT molecular complexity index is 970. The number of nitrogens with zero attached hydrogens (tertiary/aromatic N) is 2. The van der Waals surface area contributed by atoms with E-state index in [0.717, 1.165) is 25.7 Å². The van der Waals surface area contributed by atoms with E-state index >= 15 is 0 Å². The van der Waals surface area contributed by atoms with Crippen molar-refractivity contribution in [3.8, 4) is 0 Å². The Kier molecular flexibility index (Phi) is 12.3. The maximum Gasteiger partial charge on any atom is 0.255 e. The number of hydrogen-bond acceptors (Lipinski definition) is 6. The molecule has 3 amide bonds. The van der Waals surface area contributed by atoms with E-state index in [0.29, 0.717) is 22.4 Å². The fourth-order valence-electron chi connectivity index (χ4n) is 3.07. The summed E-state index contributed by atoms with van der Waals surface area (Å²) < 4.78 is 5.07. The number of ether oxygens (including phenoxy) is 1. The van der Waals surface area contributed by atoms with Crippen LogP contribution in [0.2, 0.25) is 10.0 Å². The molecule has 0 fully saturated rings. The Balaban J connectivity index is 1.91. The summed E-state index contributed by atoms with van der Waals surface area (Å²) in [6.45, 7) is 3.02. The molecular formula is C23H30Cl2N4O4S. The van der Waals surface area contributed by atoms with E-state index < -0.39 is 11.8 Å². The van der Waals surface area contributed by atoms with Crippen LogP contribution in [0.25, 0.3) is 0 Å². The average Bonchev–Trinajstić information content (AvgIpc) is 3.22. The highest BCUT2D eigenvalue weighted by molar-refractivity contribution is 7.13. The van der Waals surface area contributed by atoms with Crippen molar-refractivity contribution in [2.24, 2.45) is 0 Å². The molecule has 0 aliphatic rings. The number of methoxy groups -OCH3 is 1. The van der Waals surface area contributed by atoms with Crippen molar-refractivity contribution in [3.63, 3.8) is 0 Å². The van der Waals surface area contributed by atoms with Gasteiger partial charge in [0.1, 0.15) is 6.54 Å². The number of carbonyl (C=O) groups excluding carboxylic acids is 3. The van der Waals surface area contributed by atoms with Gasteiger partial charge in [-0.05, 0) is 24.6 Å². The number of unbranched alkanes of at least 4 members (excludes halogenated alkanes) is 3. The van der Waals surface area contributed by atoms with E-state index in [4.69, 9.17) is 27.9 Å². The van der Waals surface area contributed by atoms with Crippen LogP contribution < -0.4 is 10.6 Å². The average molecular weight is 529 g/mol. The maximum atomic E-state index is 12.9. The molecule has 0 atom stereocenters. The minimum Gasteiger partial charge on any atom is -0.383 e. The van der Waals surface area contributed by atoms with Crippen molar-refractivity contribution in [3.05, 3.63) is 44.9 Å². The summed E-state index contributed by atoms with van der Waals surface area (Å²) >= 11 is 13.3. The van der Waals surface area contributed by atoms with Crippen molar-refractivity contribution in [1.29, 1.82) is 0 Å². The zero-order chi connectivity index (χ0) is 24.9. The summed E-state index contributed by atoms with van der Waals surface area (Å²) in [5.74, 6) is -0.934. The molecule has 1 aromatic carbocycles. The van der Waals surface area contributed by atoms with Crippen LogP contribution in [0.15, 0.2) is 23.6 Å². The van der Waals surface area contributed by atoms with Gasteiger partial charge in [0.25, 0.3) is 5.91 Å². The number of benzene rings is 1. The molecule has 2 N–H and O–H groups in total. The van der Waals surface area contributed by atoms with Gasteiger partial charge in [-0.2, -0.15) is 0 Å². The fourth-order valence-corrected chi connectivity index (χ4v) is 4.29. The van der Waals surface area contributed by atoms with Gasteiger partial charge in [0.2, 0.25) is 11.8 Å². The summed E-state index contributed by atoms with van der Waals surface area (Å²) in [6.07, 6.45) is 4.50. The molecule has 0 spiro atoms. The Hall–Kier alpha value is -2.20. The van der Waals surface area contributed by atoms with Crippen LogP contribution in [0.5, 0.6) is 0 Å². The number of anilines is 1. The van der Waals surface area contributed by atoms with Crippen molar-refractivity contribution >= 4 is 57.4 Å². The van der Waals surface area contributed by atoms with Crippen LogP contribution in [-0.4, -0.2) is 61.0 Å². The van der Waals surface area contributed by atoms with Crippen molar-refractivity contribution in [1.82, 2.24) is 15.2 Å². The lowest BCUT2D eigenvalue weighted by Gasteiger charge is -2.22. The van der Waals surface area contributed by atoms with Gasteiger partial charge in [0, 0.05) is 30.6 Å². The second kappa shape index (κ2) is 14.9. The van der Waals surface area contributed by atoms with Crippen LogP contribution in [0.3, 0.4) is 0 Å². The molecule has 11 heteroatoms. The van der Waals surface area contributed by atoms with Crippen LogP contribution in [0.4, 0.5) is 5.13 Å². The van der Waals surface area contributed by atoms with Crippen LogP contribution in [0.1, 0.15) is 48.7 Å². The SMILES string of the molecule is CCCCCCNC(=O)Cc1csc(NC(=O)CN(CCOC)C(=O)c2ccc(Cl)cc2Cl)n1. The molecule has 2 aromatic rings. The van der Waals surface area contributed by atoms with Crippen molar-refractivity contribution in [2.45, 2.75) is 39.0 Å². The molecule has 2 rings (SSSR count). The summed E-state index contributed by atoms with van der Waals surface area (Å²) in [5, 5.41) is 8.27. The van der Waals surface area contributed by atoms with E-state index in [1.54, 1.807) is 11.4 Å². The van der Waals surface area contributed by atoms with Gasteiger partial charge < -0.3 is 20.3 Å². The van der Waals surface area contributed by atoms with Gasteiger partial charge >= 0.3 is 0 Å². The number of hydrogen-bond donors (Lipinski definition) is 2. The van der Waals surface area contributed by atoms with Gasteiger partial charge in [-0.25, -0.2) is 4.98 Å². The first-order valence-electron chi connectivity index (χ1n) is 11.1. The Morgan fingerprint density at radius 1 is 1.15 bits per heavy atom. The third-order valence-corrected chi connectivity index (χ3v) is 6.20. The smallest absolute Gasteiger partial charge is 0.255 e. The van der Waals surface area contributed by atoms with Gasteiger partial charge in [-0.15, -0.1) is 11.3 Å². The summed E-state index contributed by atoms with van der Waals surface area (Å²) in [6, 6.07) is 4.56. The number of thiazole rings is 1. The van der Waals surface area contributed by atoms with Crippen molar-refractivity contribution in [2.75, 3.05) is 38.7 Å². The Morgan fingerprint density at radius 3 is 2.65 bits per heavy atom. The molecule has 8 nitrogen and oxygen atoms in total. The molecule has 0 aliphatic carbocycles. The number of aromatic nitrogens is 1. The number of carbonyl (C=O) groups is 3. The lowest BCUT2D eigenvalue weighted by Crippen LogP contribution is -2.40. The van der Waals surface area contributed by atoms with Gasteiger partial charge in [0.05, 0.1) is 29.3 Å². The third kappa shape index (κ3) is 9.58. The topological polar surface area (TPSA) is 101 Å². The first kappa shape index (κ1) is 28.0. The highest BCUT2D eigenvalue weighted by atomic mass is 35.5. The first-order chi connectivity index (χ1) is 16.3. The molecule has 0 radical (unpaired) electrons. The zero-order valence-corrected chi connectivity index (χ0v) is 21.7. The zero-order valence-electron chi connectivity index (χ0n) is 19.4. The predicted molar refractivity (Wildman–Crippen MR) is 136 cm³/mol. The molecule has 0 saturated heterocycles. The molecular weight excluding hydrogens is 499 g/mol. The number of halogens is 2. The second-order valence-electron chi connectivity index (χ2n) is 7.62. The molecule has 1 aromatic heterocycles. The lowest BCUT2D eigenvalue weighted by atomic mass is 10.2. The van der Waals surface area contributed by atoms with E-state index in [-0.39, 0.29) is 42.6 Å². The van der Waals surface area contributed by atoms with Crippen molar-refractivity contribution < 1.29 is 19.1 Å². The molecule has 0 unspecified atom stereocenters. The standard InChI is InChI=1S/C23H30Cl2N4O4S/c1-3-4-5-6-9-26-20(30)13-17-15-34-23(27-17)28-21(31)14-29(10-11-33-2)22(32)18-8-7-16(24)12-19(18)25/h7-8,12,15H,3-6,9-11,13-14H2,1-2H3,(H,26,30)(H,27,28,31). The maximum absolute atomic E-state index is 12.9. The van der Waals surface area contributed by atoms with E-state index in [1.165, 1.54) is 35.5 Å². The number of amides is 3. The first-order valence-corrected chi connectivity index (χ1v) is 12.7. The normalized spacial score (nSPS) is 10.7. The largest absolute Gasteiger partial charge is 0.383 e. The minimum absolute atomic E-state index is 0.101. The second-order valence-corrected chi connectivity index (χ2v) is 9.32. The van der Waals surface area contributed by atoms with E-state index in [1.807, 2.05) is 0 Å². The molecule has 0 aliphatic heterocycles. The predicted octanol–water partition coefficient (Wildman–Crippen LogP) is 4.42. The monoisotopic (exact) mass is 528 g/mol. The summed E-state index contributed by atoms with van der Waals surface area (Å²) in [4.78, 5) is 43.3. The van der Waals surface area contributed by atoms with Gasteiger partial charge in [-0.1, -0.05) is 49.4 Å². The Morgan fingerprint density at radius 2 is 1.94 bits per heavy atom. The number of nitrogens with one attached hydrogen (secondary N) is 2. The quantitative estimate of drug-likeness (QED) is 0.353. The van der Waals surface area contributed by atoms with Crippen LogP contribution >= 0.6 is 34.5 Å². The molecule has 0 bridgehead atoms. The highest BCUT2D eigenvalue weighted by Gasteiger charge is 2.22. The van der Waals surface area contributed by atoms with Gasteiger partial charge in [0.15, 0.2) is 5.13 Å². The lowest BCUT2D eigenvalue weighted by molar-refractivity contribution is -0.120. The van der Waals surface area contributed by atoms with Gasteiger partial charge in [-0.3, -0.25) is 14.4 Å². The van der Waals surface area contributed by atoms with E-state index in [2.05, 4.69) is 22.5 Å².